The first-order valence-electron chi connectivity index (χ1n) is 6.60. The Bertz CT molecular complexity index is 432. The van der Waals surface area contributed by atoms with E-state index in [-0.39, 0.29) is 5.54 Å². The fourth-order valence-electron chi connectivity index (χ4n) is 1.61. The van der Waals surface area contributed by atoms with Crippen LogP contribution in [0.1, 0.15) is 32.8 Å². The number of nitrogens with two attached hydrogens (primary N) is 1. The highest BCUT2D eigenvalue weighted by atomic mass is 32.1. The van der Waals surface area contributed by atoms with E-state index < -0.39 is 0 Å². The Balaban J connectivity index is 2.50. The van der Waals surface area contributed by atoms with E-state index in [1.165, 1.54) is 0 Å². The molecule has 0 aliphatic carbocycles. The van der Waals surface area contributed by atoms with E-state index in [4.69, 9.17) is 22.7 Å². The normalized spacial score (nSPS) is 11.6. The second kappa shape index (κ2) is 6.87. The van der Waals surface area contributed by atoms with E-state index in [1.54, 1.807) is 0 Å². The molecular weight excluding hydrogens is 256 g/mol. The third-order valence-corrected chi connectivity index (χ3v) is 3.95. The molecule has 0 heterocycles. The van der Waals surface area contributed by atoms with Gasteiger partial charge in [0.25, 0.3) is 0 Å². The minimum atomic E-state index is 0.198. The average molecular weight is 280 g/mol. The van der Waals surface area contributed by atoms with Crippen molar-refractivity contribution in [1.29, 1.82) is 0 Å². The number of hydrogen-bond acceptors (Lipinski definition) is 3. The Morgan fingerprint density at radius 2 is 2.11 bits per heavy atom. The summed E-state index contributed by atoms with van der Waals surface area (Å²) >= 11 is 4.95. The van der Waals surface area contributed by atoms with Crippen molar-refractivity contribution in [1.82, 2.24) is 4.90 Å². The molecule has 0 saturated heterocycles. The zero-order valence-corrected chi connectivity index (χ0v) is 13.1. The van der Waals surface area contributed by atoms with Crippen molar-refractivity contribution < 1.29 is 4.74 Å². The Kier molecular flexibility index (Phi) is 5.76. The number of nitrogens with zero attached hydrogens (tertiary/aromatic N) is 1. The van der Waals surface area contributed by atoms with E-state index in [1.807, 2.05) is 24.3 Å². The molecule has 0 aliphatic heterocycles. The van der Waals surface area contributed by atoms with Crippen molar-refractivity contribution in [3.05, 3.63) is 29.8 Å². The molecule has 19 heavy (non-hydrogen) atoms. The summed E-state index contributed by atoms with van der Waals surface area (Å²) in [6.45, 7) is 8.21. The van der Waals surface area contributed by atoms with Gasteiger partial charge in [0.1, 0.15) is 17.3 Å². The number of likely N-dealkylation sites (N-methyl/N-ethyl adjacent to an activating group) is 1. The Morgan fingerprint density at radius 1 is 1.42 bits per heavy atom. The maximum atomic E-state index is 5.75. The zero-order valence-electron chi connectivity index (χ0n) is 12.3. The van der Waals surface area contributed by atoms with Gasteiger partial charge in [-0.05, 0) is 39.4 Å². The maximum Gasteiger partial charge on any atom is 0.120 e. The lowest BCUT2D eigenvalue weighted by Gasteiger charge is -2.34. The van der Waals surface area contributed by atoms with Gasteiger partial charge < -0.3 is 10.5 Å². The summed E-state index contributed by atoms with van der Waals surface area (Å²) in [5.41, 5.74) is 6.64. The number of hydrogen-bond donors (Lipinski definition) is 1. The summed E-state index contributed by atoms with van der Waals surface area (Å²) in [7, 11) is 2.12. The highest BCUT2D eigenvalue weighted by molar-refractivity contribution is 7.80. The fourth-order valence-corrected chi connectivity index (χ4v) is 1.74. The van der Waals surface area contributed by atoms with Crippen LogP contribution in [0.5, 0.6) is 5.75 Å². The first-order valence-corrected chi connectivity index (χ1v) is 7.01. The van der Waals surface area contributed by atoms with Gasteiger partial charge >= 0.3 is 0 Å². The average Bonchev–Trinajstić information content (AvgIpc) is 2.38. The van der Waals surface area contributed by atoms with Gasteiger partial charge in [0, 0.05) is 17.6 Å². The predicted molar refractivity (Wildman–Crippen MR) is 84.8 cm³/mol. The first kappa shape index (κ1) is 15.9. The van der Waals surface area contributed by atoms with E-state index in [2.05, 4.69) is 32.7 Å². The van der Waals surface area contributed by atoms with E-state index in [0.717, 1.165) is 24.3 Å². The molecule has 1 aromatic rings. The number of thiocarbonyl (C=S) groups is 1. The van der Waals surface area contributed by atoms with Crippen LogP contribution in [0.15, 0.2) is 24.3 Å². The minimum Gasteiger partial charge on any atom is -0.492 e. The summed E-state index contributed by atoms with van der Waals surface area (Å²) in [5.74, 6) is 0.813. The molecule has 0 radical (unpaired) electrons. The van der Waals surface area contributed by atoms with Gasteiger partial charge in [-0.25, -0.2) is 0 Å². The van der Waals surface area contributed by atoms with Gasteiger partial charge in [-0.1, -0.05) is 31.3 Å². The first-order chi connectivity index (χ1) is 8.86. The van der Waals surface area contributed by atoms with Gasteiger partial charge in [0.15, 0.2) is 0 Å². The van der Waals surface area contributed by atoms with Crippen LogP contribution in [-0.2, 0) is 0 Å². The summed E-state index contributed by atoms with van der Waals surface area (Å²) in [6, 6.07) is 7.60. The van der Waals surface area contributed by atoms with Crippen molar-refractivity contribution in [3.63, 3.8) is 0 Å². The Labute approximate surface area is 121 Å². The highest BCUT2D eigenvalue weighted by Gasteiger charge is 2.20. The number of ether oxygens (including phenoxy) is 1. The third kappa shape index (κ3) is 4.80. The Hall–Kier alpha value is -1.13. The summed E-state index contributed by atoms with van der Waals surface area (Å²) < 4.78 is 5.75. The molecule has 0 aliphatic rings. The second-order valence-electron chi connectivity index (χ2n) is 5.33. The van der Waals surface area contributed by atoms with E-state index >= 15 is 0 Å². The SMILES string of the molecule is CCC(C)(C)N(C)CCOc1cccc(C(N)=S)c1. The van der Waals surface area contributed by atoms with Gasteiger partial charge in [0.2, 0.25) is 0 Å². The molecule has 4 heteroatoms. The molecule has 0 bridgehead atoms. The molecule has 0 spiro atoms. The van der Waals surface area contributed by atoms with Crippen LogP contribution in [0, 0.1) is 0 Å². The maximum absolute atomic E-state index is 5.75. The molecule has 1 aromatic carbocycles. The van der Waals surface area contributed by atoms with Crippen LogP contribution in [0.25, 0.3) is 0 Å². The summed E-state index contributed by atoms with van der Waals surface area (Å²) in [6.07, 6.45) is 1.11. The molecule has 0 amide bonds. The highest BCUT2D eigenvalue weighted by Crippen LogP contribution is 2.17. The quantitative estimate of drug-likeness (QED) is 0.780. The van der Waals surface area contributed by atoms with Crippen LogP contribution < -0.4 is 10.5 Å². The van der Waals surface area contributed by atoms with Crippen molar-refractivity contribution in [2.45, 2.75) is 32.7 Å². The number of rotatable bonds is 7. The van der Waals surface area contributed by atoms with Crippen LogP contribution in [-0.4, -0.2) is 35.6 Å². The number of benzene rings is 1. The molecular formula is C15H24N2OS. The largest absolute Gasteiger partial charge is 0.492 e. The molecule has 0 saturated carbocycles. The molecule has 106 valence electrons. The molecule has 0 aromatic heterocycles. The molecule has 3 nitrogen and oxygen atoms in total. The second-order valence-corrected chi connectivity index (χ2v) is 5.77. The van der Waals surface area contributed by atoms with Gasteiger partial charge in [-0.2, -0.15) is 0 Å². The zero-order chi connectivity index (χ0) is 14.5. The summed E-state index contributed by atoms with van der Waals surface area (Å²) in [5, 5.41) is 0. The standard InChI is InChI=1S/C15H24N2OS/c1-5-15(2,3)17(4)9-10-18-13-8-6-7-12(11-13)14(16)19/h6-8,11H,5,9-10H2,1-4H3,(H2,16,19). The minimum absolute atomic E-state index is 0.198. The smallest absolute Gasteiger partial charge is 0.120 e. The lowest BCUT2D eigenvalue weighted by atomic mass is 10.0. The molecule has 2 N–H and O–H groups in total. The van der Waals surface area contributed by atoms with E-state index in [9.17, 15) is 0 Å². The molecule has 0 fully saturated rings. The monoisotopic (exact) mass is 280 g/mol. The van der Waals surface area contributed by atoms with Crippen LogP contribution in [0.2, 0.25) is 0 Å². The topological polar surface area (TPSA) is 38.5 Å². The fraction of sp³-hybridized carbons (Fsp3) is 0.533. The lowest BCUT2D eigenvalue weighted by Crippen LogP contribution is -2.42. The van der Waals surface area contributed by atoms with Gasteiger partial charge in [0.05, 0.1) is 0 Å². The van der Waals surface area contributed by atoms with Crippen LogP contribution in [0.3, 0.4) is 0 Å². The van der Waals surface area contributed by atoms with E-state index in [0.29, 0.717) is 11.6 Å². The molecule has 0 atom stereocenters. The van der Waals surface area contributed by atoms with Crippen molar-refractivity contribution in [3.8, 4) is 5.75 Å². The Morgan fingerprint density at radius 3 is 2.68 bits per heavy atom. The lowest BCUT2D eigenvalue weighted by molar-refractivity contribution is 0.125. The molecule has 1 rings (SSSR count). The van der Waals surface area contributed by atoms with Crippen molar-refractivity contribution in [2.75, 3.05) is 20.2 Å². The van der Waals surface area contributed by atoms with Crippen molar-refractivity contribution >= 4 is 17.2 Å². The van der Waals surface area contributed by atoms with Crippen LogP contribution in [0.4, 0.5) is 0 Å². The van der Waals surface area contributed by atoms with Gasteiger partial charge in [-0.15, -0.1) is 0 Å². The van der Waals surface area contributed by atoms with Crippen molar-refractivity contribution in [2.24, 2.45) is 5.73 Å². The molecule has 0 unspecified atom stereocenters. The van der Waals surface area contributed by atoms with Gasteiger partial charge in [-0.3, -0.25) is 4.90 Å². The summed E-state index contributed by atoms with van der Waals surface area (Å²) in [4.78, 5) is 2.71. The predicted octanol–water partition coefficient (Wildman–Crippen LogP) is 2.82. The van der Waals surface area contributed by atoms with Crippen LogP contribution >= 0.6 is 12.2 Å². The third-order valence-electron chi connectivity index (χ3n) is 3.71.